The summed E-state index contributed by atoms with van der Waals surface area (Å²) in [5.41, 5.74) is 4.03. The molecule has 1 aliphatic heterocycles. The standard InChI is InChI=1S/C17H19N5OS/c1-10-4-6-13(7-5-10)22-9-12(8-14(22)23)18-17-19-16-15(24-17)11(2)20-21(16)3/h4-7,12H,8-9H2,1-3H3,(H,18,19)/t12-/m1/s1. The van der Waals surface area contributed by atoms with E-state index in [1.54, 1.807) is 16.0 Å². The Labute approximate surface area is 144 Å². The number of hydrogen-bond acceptors (Lipinski definition) is 5. The van der Waals surface area contributed by atoms with Crippen LogP contribution in [0.2, 0.25) is 0 Å². The summed E-state index contributed by atoms with van der Waals surface area (Å²) in [7, 11) is 1.90. The predicted octanol–water partition coefficient (Wildman–Crippen LogP) is 2.86. The maximum absolute atomic E-state index is 12.3. The number of fused-ring (bicyclic) bond motifs is 1. The maximum Gasteiger partial charge on any atom is 0.229 e. The molecule has 0 radical (unpaired) electrons. The minimum Gasteiger partial charge on any atom is -0.356 e. The molecule has 2 aromatic heterocycles. The van der Waals surface area contributed by atoms with Crippen molar-refractivity contribution >= 4 is 38.4 Å². The van der Waals surface area contributed by atoms with E-state index in [0.717, 1.165) is 26.9 Å². The molecule has 3 aromatic rings. The number of benzene rings is 1. The maximum atomic E-state index is 12.3. The lowest BCUT2D eigenvalue weighted by molar-refractivity contribution is -0.117. The molecule has 1 aliphatic rings. The summed E-state index contributed by atoms with van der Waals surface area (Å²) in [5.74, 6) is 0.148. The van der Waals surface area contributed by atoms with Crippen molar-refractivity contribution in [3.63, 3.8) is 0 Å². The fraction of sp³-hybridized carbons (Fsp3) is 0.353. The third kappa shape index (κ3) is 2.54. The lowest BCUT2D eigenvalue weighted by Crippen LogP contribution is -2.27. The third-order valence-electron chi connectivity index (χ3n) is 4.34. The normalized spacial score (nSPS) is 17.9. The van der Waals surface area contributed by atoms with Crippen LogP contribution >= 0.6 is 11.3 Å². The molecule has 7 heteroatoms. The van der Waals surface area contributed by atoms with E-state index in [-0.39, 0.29) is 11.9 Å². The number of nitrogens with zero attached hydrogens (tertiary/aromatic N) is 4. The van der Waals surface area contributed by atoms with Gasteiger partial charge in [-0.1, -0.05) is 29.0 Å². The van der Waals surface area contributed by atoms with Gasteiger partial charge in [0.05, 0.1) is 16.4 Å². The summed E-state index contributed by atoms with van der Waals surface area (Å²) < 4.78 is 2.89. The Morgan fingerprint density at radius 2 is 2.00 bits per heavy atom. The molecule has 1 fully saturated rings. The quantitative estimate of drug-likeness (QED) is 0.796. The molecule has 1 N–H and O–H groups in total. The zero-order chi connectivity index (χ0) is 16.8. The topological polar surface area (TPSA) is 63.0 Å². The number of hydrogen-bond donors (Lipinski definition) is 1. The molecular weight excluding hydrogens is 322 g/mol. The zero-order valence-electron chi connectivity index (χ0n) is 13.9. The summed E-state index contributed by atoms with van der Waals surface area (Å²) in [6, 6.07) is 8.15. The first-order valence-corrected chi connectivity index (χ1v) is 8.76. The molecule has 0 aliphatic carbocycles. The molecule has 0 bridgehead atoms. The fourth-order valence-electron chi connectivity index (χ4n) is 3.10. The molecule has 6 nitrogen and oxygen atoms in total. The second kappa shape index (κ2) is 5.59. The van der Waals surface area contributed by atoms with Crippen LogP contribution in [0, 0.1) is 13.8 Å². The molecule has 1 saturated heterocycles. The van der Waals surface area contributed by atoms with Crippen molar-refractivity contribution in [2.24, 2.45) is 7.05 Å². The molecule has 1 aromatic carbocycles. The van der Waals surface area contributed by atoms with Crippen molar-refractivity contribution in [3.05, 3.63) is 35.5 Å². The number of aromatic nitrogens is 3. The molecule has 0 spiro atoms. The summed E-state index contributed by atoms with van der Waals surface area (Å²) in [5, 5.41) is 8.64. The van der Waals surface area contributed by atoms with Crippen molar-refractivity contribution in [2.45, 2.75) is 26.3 Å². The SMILES string of the molecule is Cc1ccc(N2C[C@H](Nc3nc4c(s3)c(C)nn4C)CC2=O)cc1. The van der Waals surface area contributed by atoms with Gasteiger partial charge in [0.25, 0.3) is 0 Å². The second-order valence-electron chi connectivity index (χ2n) is 6.27. The highest BCUT2D eigenvalue weighted by Crippen LogP contribution is 2.30. The second-order valence-corrected chi connectivity index (χ2v) is 7.27. The molecule has 1 atom stereocenters. The molecule has 0 saturated carbocycles. The van der Waals surface area contributed by atoms with Crippen LogP contribution in [0.4, 0.5) is 10.8 Å². The Bertz CT molecular complexity index is 877. The van der Waals surface area contributed by atoms with E-state index in [1.807, 2.05) is 50.1 Å². The van der Waals surface area contributed by atoms with Crippen LogP contribution < -0.4 is 10.2 Å². The van der Waals surface area contributed by atoms with Crippen LogP contribution in [0.3, 0.4) is 0 Å². The van der Waals surface area contributed by atoms with Crippen molar-refractivity contribution in [3.8, 4) is 0 Å². The van der Waals surface area contributed by atoms with Gasteiger partial charge in [0, 0.05) is 25.7 Å². The third-order valence-corrected chi connectivity index (χ3v) is 5.43. The Kier molecular flexibility index (Phi) is 3.53. The van der Waals surface area contributed by atoms with Gasteiger partial charge < -0.3 is 10.2 Å². The van der Waals surface area contributed by atoms with Crippen LogP contribution in [0.5, 0.6) is 0 Å². The Hall–Kier alpha value is -2.41. The highest BCUT2D eigenvalue weighted by molar-refractivity contribution is 7.22. The molecular formula is C17H19N5OS. The number of aryl methyl sites for hydroxylation is 3. The van der Waals surface area contributed by atoms with E-state index in [2.05, 4.69) is 15.4 Å². The van der Waals surface area contributed by atoms with Crippen molar-refractivity contribution in [2.75, 3.05) is 16.8 Å². The first-order valence-electron chi connectivity index (χ1n) is 7.95. The number of amides is 1. The Balaban J connectivity index is 1.52. The molecule has 24 heavy (non-hydrogen) atoms. The minimum atomic E-state index is 0.0765. The summed E-state index contributed by atoms with van der Waals surface area (Å²) >= 11 is 1.60. The van der Waals surface area contributed by atoms with E-state index in [4.69, 9.17) is 0 Å². The van der Waals surface area contributed by atoms with Gasteiger partial charge in [0.2, 0.25) is 5.91 Å². The number of carbonyl (C=O) groups excluding carboxylic acids is 1. The first kappa shape index (κ1) is 15.1. The first-order chi connectivity index (χ1) is 11.5. The molecule has 0 unspecified atom stereocenters. The zero-order valence-corrected chi connectivity index (χ0v) is 14.7. The van der Waals surface area contributed by atoms with Gasteiger partial charge >= 0.3 is 0 Å². The van der Waals surface area contributed by atoms with E-state index >= 15 is 0 Å². The van der Waals surface area contributed by atoms with Crippen molar-refractivity contribution in [1.29, 1.82) is 0 Å². The summed E-state index contributed by atoms with van der Waals surface area (Å²) in [6.45, 7) is 4.70. The van der Waals surface area contributed by atoms with Gasteiger partial charge in [0.15, 0.2) is 10.8 Å². The number of nitrogens with one attached hydrogen (secondary N) is 1. The lowest BCUT2D eigenvalue weighted by atomic mass is 10.2. The van der Waals surface area contributed by atoms with Gasteiger partial charge in [-0.15, -0.1) is 0 Å². The molecule has 3 heterocycles. The number of carbonyl (C=O) groups is 1. The van der Waals surface area contributed by atoms with E-state index in [1.165, 1.54) is 5.56 Å². The van der Waals surface area contributed by atoms with Crippen molar-refractivity contribution < 1.29 is 4.79 Å². The highest BCUT2D eigenvalue weighted by Gasteiger charge is 2.31. The van der Waals surface area contributed by atoms with E-state index in [0.29, 0.717) is 13.0 Å². The van der Waals surface area contributed by atoms with Crippen molar-refractivity contribution in [1.82, 2.24) is 14.8 Å². The Morgan fingerprint density at radius 1 is 1.25 bits per heavy atom. The van der Waals surface area contributed by atoms with E-state index < -0.39 is 0 Å². The van der Waals surface area contributed by atoms with Crippen LogP contribution in [0.15, 0.2) is 24.3 Å². The van der Waals surface area contributed by atoms with Gasteiger partial charge in [-0.2, -0.15) is 5.10 Å². The predicted molar refractivity (Wildman–Crippen MR) is 96.7 cm³/mol. The fourth-order valence-corrected chi connectivity index (χ4v) is 4.11. The number of thiazole rings is 1. The highest BCUT2D eigenvalue weighted by atomic mass is 32.1. The summed E-state index contributed by atoms with van der Waals surface area (Å²) in [4.78, 5) is 18.8. The lowest BCUT2D eigenvalue weighted by Gasteiger charge is -2.17. The Morgan fingerprint density at radius 3 is 2.71 bits per heavy atom. The van der Waals surface area contributed by atoms with Crippen LogP contribution in [0.1, 0.15) is 17.7 Å². The van der Waals surface area contributed by atoms with Crippen LogP contribution in [-0.2, 0) is 11.8 Å². The smallest absolute Gasteiger partial charge is 0.229 e. The monoisotopic (exact) mass is 341 g/mol. The van der Waals surface area contributed by atoms with Gasteiger partial charge in [0.1, 0.15) is 0 Å². The number of rotatable bonds is 3. The molecule has 124 valence electrons. The van der Waals surface area contributed by atoms with Gasteiger partial charge in [-0.3, -0.25) is 4.79 Å². The van der Waals surface area contributed by atoms with Gasteiger partial charge in [-0.25, -0.2) is 9.67 Å². The van der Waals surface area contributed by atoms with Crippen LogP contribution in [-0.4, -0.2) is 33.3 Å². The average molecular weight is 341 g/mol. The number of anilines is 2. The largest absolute Gasteiger partial charge is 0.356 e. The molecule has 4 rings (SSSR count). The molecule has 1 amide bonds. The van der Waals surface area contributed by atoms with E-state index in [9.17, 15) is 4.79 Å². The average Bonchev–Trinajstić information content (AvgIpc) is 3.18. The summed E-state index contributed by atoms with van der Waals surface area (Å²) in [6.07, 6.45) is 0.487. The minimum absolute atomic E-state index is 0.0765. The van der Waals surface area contributed by atoms with Crippen LogP contribution in [0.25, 0.3) is 10.3 Å². The van der Waals surface area contributed by atoms with Gasteiger partial charge in [-0.05, 0) is 26.0 Å².